The summed E-state index contributed by atoms with van der Waals surface area (Å²) in [5.41, 5.74) is 2.80. The normalized spacial score (nSPS) is 26.9. The average Bonchev–Trinajstić information content (AvgIpc) is 2.87. The van der Waals surface area contributed by atoms with Gasteiger partial charge in [-0.3, -0.25) is 0 Å². The number of hydrogen-bond acceptors (Lipinski definition) is 4. The molecule has 5 nitrogen and oxygen atoms in total. The average molecular weight is 199 g/mol. The molecule has 5 heteroatoms. The van der Waals surface area contributed by atoms with Crippen molar-refractivity contribution in [3.8, 4) is 0 Å². The Labute approximate surface area is 83.7 Å². The Hall–Kier alpha value is -0.810. The lowest BCUT2D eigenvalue weighted by Crippen LogP contribution is -2.38. The lowest BCUT2D eigenvalue weighted by atomic mass is 10.3. The number of amides is 1. The van der Waals surface area contributed by atoms with Crippen molar-refractivity contribution in [3.05, 3.63) is 0 Å². The van der Waals surface area contributed by atoms with Crippen LogP contribution in [0.4, 0.5) is 4.79 Å². The van der Waals surface area contributed by atoms with Gasteiger partial charge in [0.15, 0.2) is 0 Å². The van der Waals surface area contributed by atoms with Crippen LogP contribution in [0, 0.1) is 0 Å². The fourth-order valence-electron chi connectivity index (χ4n) is 1.85. The van der Waals surface area contributed by atoms with Crippen LogP contribution in [0.5, 0.6) is 0 Å². The van der Waals surface area contributed by atoms with Gasteiger partial charge in [0.05, 0.1) is 6.04 Å². The summed E-state index contributed by atoms with van der Waals surface area (Å²) >= 11 is 0. The summed E-state index contributed by atoms with van der Waals surface area (Å²) in [5.74, 6) is 0. The molecule has 14 heavy (non-hydrogen) atoms. The van der Waals surface area contributed by atoms with E-state index in [0.717, 1.165) is 45.4 Å². The molecule has 0 radical (unpaired) electrons. The van der Waals surface area contributed by atoms with E-state index < -0.39 is 0 Å². The van der Waals surface area contributed by atoms with E-state index in [0.29, 0.717) is 0 Å². The number of hydrogen-bond donors (Lipinski definition) is 2. The molecule has 1 atom stereocenters. The van der Waals surface area contributed by atoms with E-state index >= 15 is 0 Å². The number of rotatable bonds is 2. The van der Waals surface area contributed by atoms with E-state index in [9.17, 15) is 4.79 Å². The third kappa shape index (κ3) is 2.36. The molecule has 2 saturated heterocycles. The summed E-state index contributed by atoms with van der Waals surface area (Å²) in [5, 5.41) is 3.20. The van der Waals surface area contributed by atoms with Gasteiger partial charge in [-0.2, -0.15) is 0 Å². The first-order valence-electron chi connectivity index (χ1n) is 5.28. The van der Waals surface area contributed by atoms with Gasteiger partial charge >= 0.3 is 6.09 Å². The number of likely N-dealkylation sites (tertiary alicyclic amines) is 1. The van der Waals surface area contributed by atoms with Crippen molar-refractivity contribution in [1.82, 2.24) is 15.7 Å². The number of carbonyl (C=O) groups is 1. The van der Waals surface area contributed by atoms with Crippen molar-refractivity contribution in [2.75, 3.05) is 26.2 Å². The van der Waals surface area contributed by atoms with Crippen LogP contribution in [0.2, 0.25) is 0 Å². The van der Waals surface area contributed by atoms with Gasteiger partial charge < -0.3 is 15.1 Å². The van der Waals surface area contributed by atoms with Crippen molar-refractivity contribution >= 4 is 6.09 Å². The van der Waals surface area contributed by atoms with Crippen molar-refractivity contribution in [2.24, 2.45) is 0 Å². The van der Waals surface area contributed by atoms with Gasteiger partial charge in [0.2, 0.25) is 0 Å². The summed E-state index contributed by atoms with van der Waals surface area (Å²) in [6, 6.07) is 0.279. The SMILES string of the molecule is O=C(ON[C@@H]1CCNC1)N1CCCC1. The van der Waals surface area contributed by atoms with E-state index in [1.165, 1.54) is 0 Å². The number of nitrogens with one attached hydrogen (secondary N) is 2. The molecule has 0 saturated carbocycles. The predicted octanol–water partition coefficient (Wildman–Crippen LogP) is 0.0853. The van der Waals surface area contributed by atoms with Crippen molar-refractivity contribution in [1.29, 1.82) is 0 Å². The minimum Gasteiger partial charge on any atom is -0.353 e. The second-order valence-corrected chi connectivity index (χ2v) is 3.87. The summed E-state index contributed by atoms with van der Waals surface area (Å²) in [6.07, 6.45) is 2.99. The fourth-order valence-corrected chi connectivity index (χ4v) is 1.85. The second kappa shape index (κ2) is 4.61. The Bertz CT molecular complexity index is 198. The third-order valence-corrected chi connectivity index (χ3v) is 2.74. The molecule has 2 heterocycles. The molecular formula is C9H17N3O2. The molecule has 0 aromatic carbocycles. The monoisotopic (exact) mass is 199 g/mol. The molecular weight excluding hydrogens is 182 g/mol. The Balaban J connectivity index is 1.66. The van der Waals surface area contributed by atoms with Crippen molar-refractivity contribution < 1.29 is 9.63 Å². The molecule has 0 bridgehead atoms. The largest absolute Gasteiger partial charge is 0.428 e. The number of nitrogens with zero attached hydrogens (tertiary/aromatic N) is 1. The maximum atomic E-state index is 11.4. The molecule has 0 aromatic rings. The van der Waals surface area contributed by atoms with Gasteiger partial charge in [0, 0.05) is 19.6 Å². The van der Waals surface area contributed by atoms with Gasteiger partial charge in [0.1, 0.15) is 0 Å². The zero-order valence-electron chi connectivity index (χ0n) is 8.29. The van der Waals surface area contributed by atoms with Crippen molar-refractivity contribution in [2.45, 2.75) is 25.3 Å². The maximum absolute atomic E-state index is 11.4. The highest BCUT2D eigenvalue weighted by molar-refractivity contribution is 5.67. The minimum atomic E-state index is -0.227. The lowest BCUT2D eigenvalue weighted by molar-refractivity contribution is 0.0464. The smallest absolute Gasteiger partial charge is 0.353 e. The van der Waals surface area contributed by atoms with Crippen molar-refractivity contribution in [3.63, 3.8) is 0 Å². The third-order valence-electron chi connectivity index (χ3n) is 2.74. The second-order valence-electron chi connectivity index (χ2n) is 3.87. The fraction of sp³-hybridized carbons (Fsp3) is 0.889. The van der Waals surface area contributed by atoms with Crippen LogP contribution < -0.4 is 10.8 Å². The summed E-state index contributed by atoms with van der Waals surface area (Å²) < 4.78 is 0. The van der Waals surface area contributed by atoms with Crippen LogP contribution in [0.3, 0.4) is 0 Å². The van der Waals surface area contributed by atoms with Gasteiger partial charge in [-0.25, -0.2) is 4.79 Å². The van der Waals surface area contributed by atoms with Crippen LogP contribution in [0.1, 0.15) is 19.3 Å². The Morgan fingerprint density at radius 1 is 1.43 bits per heavy atom. The van der Waals surface area contributed by atoms with Crippen LogP contribution in [-0.2, 0) is 4.84 Å². The first-order valence-corrected chi connectivity index (χ1v) is 5.28. The molecule has 2 N–H and O–H groups in total. The standard InChI is InChI=1S/C9H17N3O2/c13-9(12-5-1-2-6-12)14-11-8-3-4-10-7-8/h8,10-11H,1-7H2/t8-/m1/s1. The topological polar surface area (TPSA) is 53.6 Å². The van der Waals surface area contributed by atoms with Crippen LogP contribution in [0.15, 0.2) is 0 Å². The maximum Gasteiger partial charge on any atom is 0.428 e. The van der Waals surface area contributed by atoms with E-state index in [1.54, 1.807) is 4.90 Å². The molecule has 80 valence electrons. The number of hydroxylamine groups is 1. The highest BCUT2D eigenvalue weighted by Gasteiger charge is 2.21. The number of carbonyl (C=O) groups excluding carboxylic acids is 1. The zero-order chi connectivity index (χ0) is 9.80. The quantitative estimate of drug-likeness (QED) is 0.619. The lowest BCUT2D eigenvalue weighted by Gasteiger charge is -2.17. The Morgan fingerprint density at radius 2 is 2.21 bits per heavy atom. The van der Waals surface area contributed by atoms with Gasteiger partial charge in [0.25, 0.3) is 0 Å². The molecule has 0 unspecified atom stereocenters. The summed E-state index contributed by atoms with van der Waals surface area (Å²) in [4.78, 5) is 18.2. The van der Waals surface area contributed by atoms with E-state index in [4.69, 9.17) is 4.84 Å². The molecule has 2 rings (SSSR count). The first-order chi connectivity index (χ1) is 6.86. The Morgan fingerprint density at radius 3 is 2.86 bits per heavy atom. The van der Waals surface area contributed by atoms with E-state index in [-0.39, 0.29) is 12.1 Å². The molecule has 0 aromatic heterocycles. The molecule has 2 fully saturated rings. The molecule has 2 aliphatic rings. The molecule has 0 spiro atoms. The van der Waals surface area contributed by atoms with Gasteiger partial charge in [-0.1, -0.05) is 0 Å². The molecule has 2 aliphatic heterocycles. The zero-order valence-corrected chi connectivity index (χ0v) is 8.29. The minimum absolute atomic E-state index is 0.227. The highest BCUT2D eigenvalue weighted by atomic mass is 16.7. The summed E-state index contributed by atoms with van der Waals surface area (Å²) in [7, 11) is 0. The van der Waals surface area contributed by atoms with E-state index in [1.807, 2.05) is 0 Å². The Kier molecular flexibility index (Phi) is 3.21. The van der Waals surface area contributed by atoms with Crippen LogP contribution in [-0.4, -0.2) is 43.2 Å². The molecule has 1 amide bonds. The highest BCUT2D eigenvalue weighted by Crippen LogP contribution is 2.08. The summed E-state index contributed by atoms with van der Waals surface area (Å²) in [6.45, 7) is 3.55. The predicted molar refractivity (Wildman–Crippen MR) is 51.7 cm³/mol. The first kappa shape index (κ1) is 9.73. The van der Waals surface area contributed by atoms with E-state index in [2.05, 4.69) is 10.8 Å². The van der Waals surface area contributed by atoms with Gasteiger partial charge in [-0.05, 0) is 25.8 Å². The van der Waals surface area contributed by atoms with Crippen LogP contribution in [0.25, 0.3) is 0 Å². The van der Waals surface area contributed by atoms with Crippen LogP contribution >= 0.6 is 0 Å². The molecule has 0 aliphatic carbocycles. The van der Waals surface area contributed by atoms with Gasteiger partial charge in [-0.15, -0.1) is 5.48 Å².